The maximum atomic E-state index is 13.6. The van der Waals surface area contributed by atoms with Crippen molar-refractivity contribution in [3.63, 3.8) is 0 Å². The summed E-state index contributed by atoms with van der Waals surface area (Å²) in [6.07, 6.45) is 0.871. The number of hydrogen-bond donors (Lipinski definition) is 1. The van der Waals surface area contributed by atoms with Gasteiger partial charge in [0.15, 0.2) is 0 Å². The molecule has 0 aliphatic heterocycles. The van der Waals surface area contributed by atoms with Gasteiger partial charge in [-0.05, 0) is 25.6 Å². The Hall–Kier alpha value is -1.00. The van der Waals surface area contributed by atoms with Crippen LogP contribution < -0.4 is 5.32 Å². The van der Waals surface area contributed by atoms with Crippen molar-refractivity contribution in [1.29, 1.82) is 0 Å². The summed E-state index contributed by atoms with van der Waals surface area (Å²) in [4.78, 5) is 1.66. The Bertz CT molecular complexity index is 328. The van der Waals surface area contributed by atoms with Gasteiger partial charge in [0.25, 0.3) is 5.92 Å². The Morgan fingerprint density at radius 1 is 1.22 bits per heavy atom. The number of alkyl halides is 2. The molecule has 18 heavy (non-hydrogen) atoms. The van der Waals surface area contributed by atoms with Crippen molar-refractivity contribution in [2.45, 2.75) is 25.8 Å². The minimum Gasteiger partial charge on any atom is -0.311 e. The first-order chi connectivity index (χ1) is 8.53. The van der Waals surface area contributed by atoms with Crippen LogP contribution in [-0.4, -0.2) is 37.5 Å². The number of nitrogens with zero attached hydrogens (tertiary/aromatic N) is 1. The summed E-state index contributed by atoms with van der Waals surface area (Å²) in [6.45, 7) is 2.67. The molecule has 1 rings (SSSR count). The Kier molecular flexibility index (Phi) is 6.22. The lowest BCUT2D eigenvalue weighted by molar-refractivity contribution is -0.0262. The number of nitrogens with one attached hydrogen (secondary N) is 1. The molecule has 0 saturated heterocycles. The van der Waals surface area contributed by atoms with Crippen molar-refractivity contribution in [3.05, 3.63) is 35.9 Å². The molecule has 2 nitrogen and oxygen atoms in total. The fraction of sp³-hybridized carbons (Fsp3) is 0.571. The molecular weight excluding hydrogens is 234 g/mol. The van der Waals surface area contributed by atoms with Crippen LogP contribution in [0.25, 0.3) is 0 Å². The van der Waals surface area contributed by atoms with Gasteiger partial charge in [-0.15, -0.1) is 0 Å². The van der Waals surface area contributed by atoms with Gasteiger partial charge in [0.1, 0.15) is 0 Å². The van der Waals surface area contributed by atoms with Crippen LogP contribution in [0.4, 0.5) is 8.78 Å². The van der Waals surface area contributed by atoms with E-state index in [-0.39, 0.29) is 13.1 Å². The Morgan fingerprint density at radius 2 is 1.89 bits per heavy atom. The van der Waals surface area contributed by atoms with Crippen LogP contribution in [0.1, 0.15) is 18.9 Å². The van der Waals surface area contributed by atoms with E-state index in [0.29, 0.717) is 13.1 Å². The fourth-order valence-electron chi connectivity index (χ4n) is 1.85. The highest BCUT2D eigenvalue weighted by molar-refractivity contribution is 5.14. The largest absolute Gasteiger partial charge is 0.311 e. The molecule has 0 unspecified atom stereocenters. The number of rotatable bonds is 8. The van der Waals surface area contributed by atoms with Gasteiger partial charge >= 0.3 is 0 Å². The second kappa shape index (κ2) is 7.44. The third kappa shape index (κ3) is 6.07. The molecule has 0 aromatic heterocycles. The molecule has 0 radical (unpaired) electrons. The van der Waals surface area contributed by atoms with E-state index in [2.05, 4.69) is 5.32 Å². The summed E-state index contributed by atoms with van der Waals surface area (Å²) in [5.41, 5.74) is 1.05. The molecule has 0 saturated carbocycles. The monoisotopic (exact) mass is 256 g/mol. The molecular formula is C14H22F2N2. The second-order valence-electron chi connectivity index (χ2n) is 4.69. The van der Waals surface area contributed by atoms with E-state index in [9.17, 15) is 8.78 Å². The van der Waals surface area contributed by atoms with Crippen molar-refractivity contribution in [2.24, 2.45) is 0 Å². The molecule has 0 aliphatic carbocycles. The first kappa shape index (κ1) is 15.1. The summed E-state index contributed by atoms with van der Waals surface area (Å²) >= 11 is 0. The first-order valence-electron chi connectivity index (χ1n) is 6.34. The normalized spacial score (nSPS) is 12.1. The summed E-state index contributed by atoms with van der Waals surface area (Å²) in [5, 5.41) is 2.77. The fourth-order valence-corrected chi connectivity index (χ4v) is 1.85. The standard InChI is InChI=1S/C14H22F2N2/c1-3-9-17-11-14(15,16)12-18(2)10-13-7-5-4-6-8-13/h4-8,17H,3,9-12H2,1-2H3. The van der Waals surface area contributed by atoms with Gasteiger partial charge in [-0.3, -0.25) is 4.90 Å². The lowest BCUT2D eigenvalue weighted by Gasteiger charge is -2.24. The maximum absolute atomic E-state index is 13.6. The van der Waals surface area contributed by atoms with Crippen LogP contribution in [-0.2, 0) is 6.54 Å². The van der Waals surface area contributed by atoms with Crippen molar-refractivity contribution in [3.8, 4) is 0 Å². The summed E-state index contributed by atoms with van der Waals surface area (Å²) in [5.74, 6) is -2.68. The Morgan fingerprint density at radius 3 is 2.50 bits per heavy atom. The number of benzene rings is 1. The Balaban J connectivity index is 2.36. The maximum Gasteiger partial charge on any atom is 0.272 e. The minimum atomic E-state index is -2.68. The van der Waals surface area contributed by atoms with Crippen LogP contribution in [0.2, 0.25) is 0 Å². The highest BCUT2D eigenvalue weighted by Gasteiger charge is 2.29. The Labute approximate surface area is 108 Å². The molecule has 102 valence electrons. The summed E-state index contributed by atoms with van der Waals surface area (Å²) in [6, 6.07) is 9.66. The molecule has 0 bridgehead atoms. The second-order valence-corrected chi connectivity index (χ2v) is 4.69. The first-order valence-corrected chi connectivity index (χ1v) is 6.34. The number of hydrogen-bond acceptors (Lipinski definition) is 2. The predicted molar refractivity (Wildman–Crippen MR) is 70.9 cm³/mol. The van der Waals surface area contributed by atoms with E-state index in [0.717, 1.165) is 12.0 Å². The zero-order chi connectivity index (χ0) is 13.4. The molecule has 1 N–H and O–H groups in total. The lowest BCUT2D eigenvalue weighted by atomic mass is 10.2. The van der Waals surface area contributed by atoms with Crippen LogP contribution in [0.5, 0.6) is 0 Å². The van der Waals surface area contributed by atoms with E-state index in [1.807, 2.05) is 37.3 Å². The number of halogens is 2. The zero-order valence-electron chi connectivity index (χ0n) is 11.1. The van der Waals surface area contributed by atoms with Gasteiger partial charge in [0.05, 0.1) is 13.1 Å². The summed E-state index contributed by atoms with van der Waals surface area (Å²) in [7, 11) is 1.72. The lowest BCUT2D eigenvalue weighted by Crippen LogP contribution is -2.42. The van der Waals surface area contributed by atoms with Crippen LogP contribution >= 0.6 is 0 Å². The minimum absolute atomic E-state index is 0.224. The van der Waals surface area contributed by atoms with E-state index < -0.39 is 5.92 Å². The molecule has 1 aromatic carbocycles. The molecule has 0 spiro atoms. The van der Waals surface area contributed by atoms with Crippen molar-refractivity contribution >= 4 is 0 Å². The average molecular weight is 256 g/mol. The highest BCUT2D eigenvalue weighted by Crippen LogP contribution is 2.15. The van der Waals surface area contributed by atoms with Gasteiger partial charge in [-0.2, -0.15) is 0 Å². The third-order valence-electron chi connectivity index (χ3n) is 2.61. The third-order valence-corrected chi connectivity index (χ3v) is 2.61. The van der Waals surface area contributed by atoms with E-state index in [1.165, 1.54) is 0 Å². The predicted octanol–water partition coefficient (Wildman–Crippen LogP) is 2.75. The van der Waals surface area contributed by atoms with Gasteiger partial charge in [0.2, 0.25) is 0 Å². The smallest absolute Gasteiger partial charge is 0.272 e. The topological polar surface area (TPSA) is 15.3 Å². The zero-order valence-corrected chi connectivity index (χ0v) is 11.1. The van der Waals surface area contributed by atoms with Crippen LogP contribution in [0, 0.1) is 0 Å². The summed E-state index contributed by atoms with van der Waals surface area (Å²) < 4.78 is 27.2. The van der Waals surface area contributed by atoms with Gasteiger partial charge in [0, 0.05) is 6.54 Å². The molecule has 0 fully saturated rings. The van der Waals surface area contributed by atoms with Crippen molar-refractivity contribution in [1.82, 2.24) is 10.2 Å². The molecule has 4 heteroatoms. The van der Waals surface area contributed by atoms with E-state index in [4.69, 9.17) is 0 Å². The highest BCUT2D eigenvalue weighted by atomic mass is 19.3. The van der Waals surface area contributed by atoms with Crippen LogP contribution in [0.3, 0.4) is 0 Å². The van der Waals surface area contributed by atoms with Gasteiger partial charge in [-0.1, -0.05) is 37.3 Å². The molecule has 0 heterocycles. The van der Waals surface area contributed by atoms with Gasteiger partial charge < -0.3 is 5.32 Å². The van der Waals surface area contributed by atoms with Gasteiger partial charge in [-0.25, -0.2) is 8.78 Å². The van der Waals surface area contributed by atoms with Crippen molar-refractivity contribution in [2.75, 3.05) is 26.7 Å². The molecule has 0 atom stereocenters. The van der Waals surface area contributed by atoms with Crippen LogP contribution in [0.15, 0.2) is 30.3 Å². The van der Waals surface area contributed by atoms with E-state index in [1.54, 1.807) is 11.9 Å². The quantitative estimate of drug-likeness (QED) is 0.719. The SMILES string of the molecule is CCCNCC(F)(F)CN(C)Cc1ccccc1. The molecule has 1 aromatic rings. The molecule has 0 aliphatic rings. The average Bonchev–Trinajstić information content (AvgIpc) is 2.29. The molecule has 0 amide bonds. The van der Waals surface area contributed by atoms with E-state index >= 15 is 0 Å². The van der Waals surface area contributed by atoms with Crippen molar-refractivity contribution < 1.29 is 8.78 Å².